The van der Waals surface area contributed by atoms with Crippen LogP contribution in [0.5, 0.6) is 11.5 Å². The summed E-state index contributed by atoms with van der Waals surface area (Å²) in [5.74, 6) is 1.23. The lowest BCUT2D eigenvalue weighted by atomic mass is 9.95. The van der Waals surface area contributed by atoms with Crippen molar-refractivity contribution in [3.05, 3.63) is 78.9 Å². The van der Waals surface area contributed by atoms with Gasteiger partial charge in [-0.15, -0.1) is 0 Å². The summed E-state index contributed by atoms with van der Waals surface area (Å²) in [7, 11) is 0. The van der Waals surface area contributed by atoms with E-state index in [4.69, 9.17) is 18.6 Å². The van der Waals surface area contributed by atoms with E-state index < -0.39 is 12.0 Å². The smallest absolute Gasteiger partial charge is 0.338 e. The first-order valence-corrected chi connectivity index (χ1v) is 10.5. The molecule has 0 saturated carbocycles. The van der Waals surface area contributed by atoms with Crippen LogP contribution in [0.1, 0.15) is 31.2 Å². The molecule has 4 heterocycles. The van der Waals surface area contributed by atoms with Crippen molar-refractivity contribution in [2.75, 3.05) is 13.4 Å². The molecule has 0 N–H and O–H groups in total. The van der Waals surface area contributed by atoms with Gasteiger partial charge in [0.15, 0.2) is 16.3 Å². The van der Waals surface area contributed by atoms with Gasteiger partial charge in [0.05, 0.1) is 34.7 Å². The maximum atomic E-state index is 13.4. The number of hydrogen-bond acceptors (Lipinski definition) is 8. The number of aromatic nitrogens is 1. The zero-order chi connectivity index (χ0) is 21.5. The van der Waals surface area contributed by atoms with E-state index in [1.807, 2.05) is 6.07 Å². The van der Waals surface area contributed by atoms with E-state index in [9.17, 15) is 9.59 Å². The van der Waals surface area contributed by atoms with Gasteiger partial charge in [-0.25, -0.2) is 9.79 Å². The van der Waals surface area contributed by atoms with Gasteiger partial charge in [0.25, 0.3) is 5.56 Å². The molecule has 3 aromatic rings. The van der Waals surface area contributed by atoms with E-state index >= 15 is 0 Å². The van der Waals surface area contributed by atoms with Crippen LogP contribution >= 0.6 is 11.3 Å². The molecule has 1 atom stereocenters. The highest BCUT2D eigenvalue weighted by molar-refractivity contribution is 7.07. The summed E-state index contributed by atoms with van der Waals surface area (Å²) in [6, 6.07) is 8.19. The number of benzene rings is 1. The van der Waals surface area contributed by atoms with Crippen molar-refractivity contribution in [2.24, 2.45) is 4.99 Å². The molecule has 0 amide bonds. The Morgan fingerprint density at radius 3 is 2.94 bits per heavy atom. The van der Waals surface area contributed by atoms with Crippen molar-refractivity contribution in [1.82, 2.24) is 4.57 Å². The number of esters is 1. The topological polar surface area (TPSA) is 92.3 Å². The molecular weight excluding hydrogens is 420 g/mol. The van der Waals surface area contributed by atoms with Gasteiger partial charge < -0.3 is 18.6 Å². The van der Waals surface area contributed by atoms with Gasteiger partial charge in [-0.3, -0.25) is 9.36 Å². The number of ether oxygens (including phenoxy) is 3. The van der Waals surface area contributed by atoms with Gasteiger partial charge in [-0.2, -0.15) is 0 Å². The number of hydrogen-bond donors (Lipinski definition) is 0. The SMILES string of the molecule is CCOC(=O)C1=C(C)N=c2s/c(=C\c3ccco3)c(=O)n2[C@H]1c1ccc2c(c1)OCO2. The van der Waals surface area contributed by atoms with Crippen molar-refractivity contribution in [2.45, 2.75) is 19.9 Å². The molecule has 2 aliphatic rings. The molecule has 0 radical (unpaired) electrons. The summed E-state index contributed by atoms with van der Waals surface area (Å²) in [5.41, 5.74) is 1.26. The molecule has 9 heteroatoms. The molecule has 2 aromatic heterocycles. The maximum Gasteiger partial charge on any atom is 0.338 e. The number of carbonyl (C=O) groups excluding carboxylic acids is 1. The Hall–Kier alpha value is -3.59. The molecule has 1 aromatic carbocycles. The van der Waals surface area contributed by atoms with Gasteiger partial charge in [0, 0.05) is 6.08 Å². The van der Waals surface area contributed by atoms with Crippen LogP contribution < -0.4 is 24.4 Å². The molecule has 0 aliphatic carbocycles. The van der Waals surface area contributed by atoms with Crippen LogP contribution in [0.2, 0.25) is 0 Å². The third-order valence-electron chi connectivity index (χ3n) is 5.05. The van der Waals surface area contributed by atoms with E-state index in [0.29, 0.717) is 43.4 Å². The predicted octanol–water partition coefficient (Wildman–Crippen LogP) is 2.12. The second kappa shape index (κ2) is 7.59. The molecule has 158 valence electrons. The second-order valence-corrected chi connectivity index (χ2v) is 7.94. The summed E-state index contributed by atoms with van der Waals surface area (Å²) < 4.78 is 23.5. The number of carbonyl (C=O) groups is 1. The summed E-state index contributed by atoms with van der Waals surface area (Å²) in [6.45, 7) is 3.83. The Labute approximate surface area is 180 Å². The fourth-order valence-electron chi connectivity index (χ4n) is 3.69. The third-order valence-corrected chi connectivity index (χ3v) is 6.03. The molecule has 0 bridgehead atoms. The molecule has 0 fully saturated rings. The van der Waals surface area contributed by atoms with Gasteiger partial charge in [-0.1, -0.05) is 17.4 Å². The van der Waals surface area contributed by atoms with Crippen LogP contribution in [-0.2, 0) is 9.53 Å². The third kappa shape index (κ3) is 3.27. The van der Waals surface area contributed by atoms with Crippen LogP contribution in [0.4, 0.5) is 0 Å². The number of allylic oxidation sites excluding steroid dienone is 1. The largest absolute Gasteiger partial charge is 0.465 e. The highest BCUT2D eigenvalue weighted by Gasteiger charge is 2.34. The number of thiazole rings is 1. The van der Waals surface area contributed by atoms with E-state index in [1.54, 1.807) is 50.5 Å². The van der Waals surface area contributed by atoms with E-state index in [1.165, 1.54) is 15.9 Å². The van der Waals surface area contributed by atoms with Crippen molar-refractivity contribution < 1.29 is 23.4 Å². The lowest BCUT2D eigenvalue weighted by Crippen LogP contribution is -2.39. The molecule has 0 spiro atoms. The number of nitrogens with zero attached hydrogens (tertiary/aromatic N) is 2. The zero-order valence-corrected chi connectivity index (χ0v) is 17.6. The Kier molecular flexibility index (Phi) is 4.74. The Morgan fingerprint density at radius 1 is 1.32 bits per heavy atom. The standard InChI is InChI=1S/C22H18N2O6S/c1-3-27-21(26)18-12(2)23-22-24(20(25)17(31-22)10-14-5-4-8-28-14)19(18)13-6-7-15-16(9-13)30-11-29-15/h4-10,19H,3,11H2,1-2H3/b17-10-/t19-/m0/s1. The maximum absolute atomic E-state index is 13.4. The van der Waals surface area contributed by atoms with Crippen LogP contribution in [0.25, 0.3) is 6.08 Å². The van der Waals surface area contributed by atoms with E-state index in [0.717, 1.165) is 0 Å². The summed E-state index contributed by atoms with van der Waals surface area (Å²) in [6.07, 6.45) is 3.21. The zero-order valence-electron chi connectivity index (χ0n) is 16.8. The molecule has 5 rings (SSSR count). The minimum Gasteiger partial charge on any atom is -0.465 e. The molecule has 0 saturated heterocycles. The van der Waals surface area contributed by atoms with Crippen LogP contribution in [0.15, 0.2) is 62.1 Å². The number of furan rings is 1. The molecule has 31 heavy (non-hydrogen) atoms. The Bertz CT molecular complexity index is 1380. The van der Waals surface area contributed by atoms with Crippen molar-refractivity contribution in [3.63, 3.8) is 0 Å². The first-order valence-electron chi connectivity index (χ1n) is 9.69. The average Bonchev–Trinajstić information content (AvgIpc) is 3.48. The first-order chi connectivity index (χ1) is 15.1. The highest BCUT2D eigenvalue weighted by Crippen LogP contribution is 2.38. The average molecular weight is 438 g/mol. The van der Waals surface area contributed by atoms with Crippen LogP contribution in [0.3, 0.4) is 0 Å². The second-order valence-electron chi connectivity index (χ2n) is 6.93. The molecular formula is C22H18N2O6S. The minimum atomic E-state index is -0.705. The quantitative estimate of drug-likeness (QED) is 0.580. The van der Waals surface area contributed by atoms with E-state index in [2.05, 4.69) is 4.99 Å². The normalized spacial score (nSPS) is 17.5. The lowest BCUT2D eigenvalue weighted by Gasteiger charge is -2.24. The van der Waals surface area contributed by atoms with Crippen molar-refractivity contribution in [1.29, 1.82) is 0 Å². The van der Waals surface area contributed by atoms with Crippen molar-refractivity contribution in [3.8, 4) is 11.5 Å². The first kappa shape index (κ1) is 19.4. The fraction of sp³-hybridized carbons (Fsp3) is 0.227. The summed E-state index contributed by atoms with van der Waals surface area (Å²) >= 11 is 1.24. The minimum absolute atomic E-state index is 0.129. The van der Waals surface area contributed by atoms with E-state index in [-0.39, 0.29) is 19.0 Å². The fourth-order valence-corrected chi connectivity index (χ4v) is 4.72. The van der Waals surface area contributed by atoms with Gasteiger partial charge in [-0.05, 0) is 43.7 Å². The Balaban J connectivity index is 1.74. The molecule has 0 unspecified atom stereocenters. The summed E-state index contributed by atoms with van der Waals surface area (Å²) in [4.78, 5) is 31.3. The lowest BCUT2D eigenvalue weighted by molar-refractivity contribution is -0.139. The van der Waals surface area contributed by atoms with Gasteiger partial charge >= 0.3 is 5.97 Å². The monoisotopic (exact) mass is 438 g/mol. The molecule has 8 nitrogen and oxygen atoms in total. The Morgan fingerprint density at radius 2 is 2.16 bits per heavy atom. The highest BCUT2D eigenvalue weighted by atomic mass is 32.1. The van der Waals surface area contributed by atoms with Crippen LogP contribution in [-0.4, -0.2) is 23.9 Å². The number of fused-ring (bicyclic) bond motifs is 2. The van der Waals surface area contributed by atoms with Crippen LogP contribution in [0, 0.1) is 0 Å². The van der Waals surface area contributed by atoms with Gasteiger partial charge in [0.1, 0.15) is 5.76 Å². The van der Waals surface area contributed by atoms with Crippen molar-refractivity contribution >= 4 is 23.4 Å². The van der Waals surface area contributed by atoms with Gasteiger partial charge in [0.2, 0.25) is 6.79 Å². The number of rotatable bonds is 4. The molecule has 2 aliphatic heterocycles. The predicted molar refractivity (Wildman–Crippen MR) is 112 cm³/mol. The summed E-state index contributed by atoms with van der Waals surface area (Å²) in [5, 5.41) is 0.